The Bertz CT molecular complexity index is 516. The van der Waals surface area contributed by atoms with Crippen molar-refractivity contribution in [3.05, 3.63) is 29.0 Å². The van der Waals surface area contributed by atoms with Gasteiger partial charge < -0.3 is 19.7 Å². The summed E-state index contributed by atoms with van der Waals surface area (Å²) in [7, 11) is 1.72. The molecule has 2 rings (SSSR count). The topological polar surface area (TPSA) is 59.0 Å². The fraction of sp³-hybridized carbons (Fsp3) is 0.667. The fourth-order valence-corrected chi connectivity index (χ4v) is 2.89. The Balaban J connectivity index is 1.82. The van der Waals surface area contributed by atoms with Gasteiger partial charge in [-0.3, -0.25) is 0 Å². The van der Waals surface area contributed by atoms with Crippen LogP contribution in [0.3, 0.4) is 0 Å². The molecule has 0 radical (unpaired) electrons. The van der Waals surface area contributed by atoms with E-state index in [9.17, 15) is 0 Å². The van der Waals surface area contributed by atoms with Gasteiger partial charge in [0, 0.05) is 46.2 Å². The SMILES string of the molecule is CCNC(=NCc1ccc(Cl)nc1)N1CCC(OCCCOC)CC1. The maximum absolute atomic E-state index is 5.93. The molecule has 1 saturated heterocycles. The molecule has 0 aromatic carbocycles. The Morgan fingerprint density at radius 3 is 2.80 bits per heavy atom. The number of hydrogen-bond acceptors (Lipinski definition) is 4. The third-order valence-corrected chi connectivity index (χ3v) is 4.35. The molecule has 140 valence electrons. The van der Waals surface area contributed by atoms with Crippen LogP contribution in [0.1, 0.15) is 31.7 Å². The number of ether oxygens (including phenoxy) is 2. The van der Waals surface area contributed by atoms with Gasteiger partial charge in [-0.25, -0.2) is 9.98 Å². The van der Waals surface area contributed by atoms with Gasteiger partial charge in [0.05, 0.1) is 12.6 Å². The Morgan fingerprint density at radius 1 is 1.36 bits per heavy atom. The van der Waals surface area contributed by atoms with Crippen LogP contribution in [0.15, 0.2) is 23.3 Å². The molecule has 6 nitrogen and oxygen atoms in total. The largest absolute Gasteiger partial charge is 0.385 e. The van der Waals surface area contributed by atoms with Gasteiger partial charge in [-0.15, -0.1) is 0 Å². The van der Waals surface area contributed by atoms with Crippen LogP contribution in [-0.2, 0) is 16.0 Å². The number of piperidine rings is 1. The molecule has 2 heterocycles. The first-order valence-electron chi connectivity index (χ1n) is 8.97. The van der Waals surface area contributed by atoms with Crippen molar-refractivity contribution in [2.45, 2.75) is 38.8 Å². The lowest BCUT2D eigenvalue weighted by Gasteiger charge is -2.34. The number of pyridine rings is 1. The molecular weight excluding hydrogens is 340 g/mol. The first kappa shape index (κ1) is 19.9. The van der Waals surface area contributed by atoms with Gasteiger partial charge >= 0.3 is 0 Å². The average molecular weight is 369 g/mol. The second-order valence-electron chi connectivity index (χ2n) is 6.06. The summed E-state index contributed by atoms with van der Waals surface area (Å²) in [5.41, 5.74) is 1.05. The highest BCUT2D eigenvalue weighted by molar-refractivity contribution is 6.29. The van der Waals surface area contributed by atoms with Crippen molar-refractivity contribution in [1.82, 2.24) is 15.2 Å². The van der Waals surface area contributed by atoms with Gasteiger partial charge in [-0.1, -0.05) is 17.7 Å². The van der Waals surface area contributed by atoms with E-state index >= 15 is 0 Å². The van der Waals surface area contributed by atoms with E-state index in [1.54, 1.807) is 19.4 Å². The van der Waals surface area contributed by atoms with E-state index in [-0.39, 0.29) is 0 Å². The number of nitrogens with one attached hydrogen (secondary N) is 1. The molecule has 0 aliphatic carbocycles. The minimum Gasteiger partial charge on any atom is -0.385 e. The number of halogens is 1. The third kappa shape index (κ3) is 7.18. The van der Waals surface area contributed by atoms with Gasteiger partial charge in [-0.2, -0.15) is 0 Å². The molecule has 0 atom stereocenters. The molecule has 0 amide bonds. The average Bonchev–Trinajstić information content (AvgIpc) is 2.64. The predicted molar refractivity (Wildman–Crippen MR) is 101 cm³/mol. The number of guanidine groups is 1. The minimum absolute atomic E-state index is 0.344. The van der Waals surface area contributed by atoms with Crippen LogP contribution in [-0.4, -0.2) is 61.9 Å². The molecule has 1 aromatic rings. The molecule has 1 aromatic heterocycles. The zero-order valence-electron chi connectivity index (χ0n) is 15.2. The van der Waals surface area contributed by atoms with Crippen LogP contribution in [0, 0.1) is 0 Å². The zero-order valence-corrected chi connectivity index (χ0v) is 16.0. The van der Waals surface area contributed by atoms with Crippen LogP contribution in [0.5, 0.6) is 0 Å². The van der Waals surface area contributed by atoms with Crippen LogP contribution >= 0.6 is 11.6 Å². The molecule has 1 aliphatic heterocycles. The molecule has 1 aliphatic rings. The molecule has 1 fully saturated rings. The maximum Gasteiger partial charge on any atom is 0.194 e. The van der Waals surface area contributed by atoms with Crippen molar-refractivity contribution in [3.8, 4) is 0 Å². The number of aliphatic imine (C=N–C) groups is 1. The van der Waals surface area contributed by atoms with E-state index in [2.05, 4.69) is 22.1 Å². The molecule has 0 bridgehead atoms. The van der Waals surface area contributed by atoms with Crippen LogP contribution in [0.25, 0.3) is 0 Å². The van der Waals surface area contributed by atoms with Gasteiger partial charge in [0.15, 0.2) is 5.96 Å². The Hall–Kier alpha value is -1.37. The highest BCUT2D eigenvalue weighted by Gasteiger charge is 2.21. The third-order valence-electron chi connectivity index (χ3n) is 4.12. The Labute approximate surface area is 155 Å². The summed E-state index contributed by atoms with van der Waals surface area (Å²) in [5, 5.41) is 3.89. The summed E-state index contributed by atoms with van der Waals surface area (Å²) in [5.74, 6) is 0.954. The molecule has 7 heteroatoms. The standard InChI is InChI=1S/C18H29ClN4O2/c1-3-20-18(22-14-15-5-6-17(19)21-13-15)23-9-7-16(8-10-23)25-12-4-11-24-2/h5-6,13,16H,3-4,7-12,14H2,1-2H3,(H,20,22). The summed E-state index contributed by atoms with van der Waals surface area (Å²) in [6.45, 7) is 6.99. The molecule has 25 heavy (non-hydrogen) atoms. The van der Waals surface area contributed by atoms with Crippen LogP contribution in [0.2, 0.25) is 5.15 Å². The van der Waals surface area contributed by atoms with Crippen molar-refractivity contribution < 1.29 is 9.47 Å². The number of aromatic nitrogens is 1. The number of likely N-dealkylation sites (tertiary alicyclic amines) is 1. The first-order chi connectivity index (χ1) is 12.2. The quantitative estimate of drug-likeness (QED) is 0.331. The number of methoxy groups -OCH3 is 1. The number of rotatable bonds is 8. The van der Waals surface area contributed by atoms with Gasteiger partial charge in [0.25, 0.3) is 0 Å². The Morgan fingerprint density at radius 2 is 2.16 bits per heavy atom. The van der Waals surface area contributed by atoms with Crippen molar-refractivity contribution in [2.75, 3.05) is 40.0 Å². The summed E-state index contributed by atoms with van der Waals surface area (Å²) in [6, 6.07) is 3.76. The Kier molecular flexibility index (Phi) is 9.00. The van der Waals surface area contributed by atoms with Crippen LogP contribution < -0.4 is 5.32 Å². The summed E-state index contributed by atoms with van der Waals surface area (Å²) in [6.07, 6.45) is 5.13. The molecular formula is C18H29ClN4O2. The number of hydrogen-bond donors (Lipinski definition) is 1. The molecule has 0 spiro atoms. The van der Waals surface area contributed by atoms with E-state index < -0.39 is 0 Å². The molecule has 0 unspecified atom stereocenters. The van der Waals surface area contributed by atoms with E-state index in [1.165, 1.54) is 0 Å². The smallest absolute Gasteiger partial charge is 0.194 e. The molecule has 1 N–H and O–H groups in total. The van der Waals surface area contributed by atoms with Gasteiger partial charge in [0.1, 0.15) is 5.15 Å². The first-order valence-corrected chi connectivity index (χ1v) is 9.35. The van der Waals surface area contributed by atoms with Gasteiger partial charge in [-0.05, 0) is 37.8 Å². The van der Waals surface area contributed by atoms with Crippen molar-refractivity contribution in [2.24, 2.45) is 4.99 Å². The predicted octanol–water partition coefficient (Wildman–Crippen LogP) is 2.72. The highest BCUT2D eigenvalue weighted by atomic mass is 35.5. The van der Waals surface area contributed by atoms with Crippen molar-refractivity contribution in [1.29, 1.82) is 0 Å². The summed E-state index contributed by atoms with van der Waals surface area (Å²) >= 11 is 5.83. The number of nitrogens with zero attached hydrogens (tertiary/aromatic N) is 3. The normalized spacial score (nSPS) is 16.3. The fourth-order valence-electron chi connectivity index (χ4n) is 2.78. The van der Waals surface area contributed by atoms with E-state index in [0.717, 1.165) is 63.6 Å². The second kappa shape index (κ2) is 11.3. The minimum atomic E-state index is 0.344. The highest BCUT2D eigenvalue weighted by Crippen LogP contribution is 2.15. The van der Waals surface area contributed by atoms with Gasteiger partial charge in [0.2, 0.25) is 0 Å². The lowest BCUT2D eigenvalue weighted by molar-refractivity contribution is 0.00990. The van der Waals surface area contributed by atoms with E-state index in [1.807, 2.05) is 6.07 Å². The second-order valence-corrected chi connectivity index (χ2v) is 6.45. The van der Waals surface area contributed by atoms with Crippen molar-refractivity contribution >= 4 is 17.6 Å². The van der Waals surface area contributed by atoms with E-state index in [0.29, 0.717) is 17.8 Å². The van der Waals surface area contributed by atoms with E-state index in [4.69, 9.17) is 26.1 Å². The monoisotopic (exact) mass is 368 g/mol. The maximum atomic E-state index is 5.93. The lowest BCUT2D eigenvalue weighted by atomic mass is 10.1. The lowest BCUT2D eigenvalue weighted by Crippen LogP contribution is -2.47. The molecule has 0 saturated carbocycles. The summed E-state index contributed by atoms with van der Waals surface area (Å²) in [4.78, 5) is 11.2. The van der Waals surface area contributed by atoms with Crippen molar-refractivity contribution in [3.63, 3.8) is 0 Å². The summed E-state index contributed by atoms with van der Waals surface area (Å²) < 4.78 is 11.0. The van der Waals surface area contributed by atoms with Crippen LogP contribution in [0.4, 0.5) is 0 Å². The zero-order chi connectivity index (χ0) is 17.9.